The molecule has 0 aromatic carbocycles. The fraction of sp³-hybridized carbons (Fsp3) is 1.00. The summed E-state index contributed by atoms with van der Waals surface area (Å²) in [4.78, 5) is 0. The average Bonchev–Trinajstić information content (AvgIpc) is 2.11. The molecule has 0 aliphatic carbocycles. The average molecular weight is 335 g/mol. The lowest BCUT2D eigenvalue weighted by molar-refractivity contribution is 0.428. The second-order valence-corrected chi connectivity index (χ2v) is 14.5. The van der Waals surface area contributed by atoms with Gasteiger partial charge in [-0.2, -0.15) is 0 Å². The highest BCUT2D eigenvalue weighted by Crippen LogP contribution is 2.26. The van der Waals surface area contributed by atoms with Gasteiger partial charge in [0.25, 0.3) is 0 Å². The molecule has 0 rings (SSSR count). The van der Waals surface area contributed by atoms with Crippen molar-refractivity contribution in [2.45, 2.75) is 51.5 Å². The highest BCUT2D eigenvalue weighted by Gasteiger charge is 2.26. The van der Waals surface area contributed by atoms with E-state index in [4.69, 9.17) is 15.5 Å². The minimum atomic E-state index is -1.80. The lowest BCUT2D eigenvalue weighted by Gasteiger charge is -2.13. The number of hydrogen-bond acceptors (Lipinski definition) is 1. The van der Waals surface area contributed by atoms with Crippen molar-refractivity contribution in [1.29, 1.82) is 0 Å². The number of unbranched alkanes of at least 4 members (excludes halogenated alkanes) is 5. The molecular formula is C9H20ClIOSi. The van der Waals surface area contributed by atoms with E-state index >= 15 is 0 Å². The van der Waals surface area contributed by atoms with E-state index in [9.17, 15) is 0 Å². The Hall–Kier alpha value is 1.20. The Bertz CT molecular complexity index is 122. The highest BCUT2D eigenvalue weighted by molar-refractivity contribution is 14.1. The Morgan fingerprint density at radius 1 is 1.15 bits per heavy atom. The van der Waals surface area contributed by atoms with Crippen molar-refractivity contribution in [1.82, 2.24) is 0 Å². The van der Waals surface area contributed by atoms with Gasteiger partial charge in [0, 0.05) is 7.11 Å². The Morgan fingerprint density at radius 2 is 1.69 bits per heavy atom. The predicted molar refractivity (Wildman–Crippen MR) is 70.8 cm³/mol. The van der Waals surface area contributed by atoms with Crippen LogP contribution in [0.25, 0.3) is 0 Å². The first-order valence-electron chi connectivity index (χ1n) is 5.05. The van der Waals surface area contributed by atoms with Crippen LogP contribution in [0.1, 0.15) is 45.4 Å². The number of rotatable bonds is 8. The van der Waals surface area contributed by atoms with E-state index in [1.807, 2.05) is 0 Å². The van der Waals surface area contributed by atoms with Crippen LogP contribution in [0.4, 0.5) is 0 Å². The smallest absolute Gasteiger partial charge is 0.356 e. The van der Waals surface area contributed by atoms with Crippen LogP contribution in [-0.2, 0) is 4.43 Å². The van der Waals surface area contributed by atoms with Crippen LogP contribution in [0, 0.1) is 0 Å². The van der Waals surface area contributed by atoms with Crippen molar-refractivity contribution in [3.63, 3.8) is 0 Å². The Balaban J connectivity index is 3.16. The summed E-state index contributed by atoms with van der Waals surface area (Å²) < 4.78 is 5.26. The molecule has 1 unspecified atom stereocenters. The van der Waals surface area contributed by atoms with Gasteiger partial charge in [-0.15, -0.1) is 11.1 Å². The van der Waals surface area contributed by atoms with Crippen molar-refractivity contribution >= 4 is 38.0 Å². The summed E-state index contributed by atoms with van der Waals surface area (Å²) >= 11 is 8.45. The highest BCUT2D eigenvalue weighted by atomic mass is 127. The minimum absolute atomic E-state index is 1.08. The molecule has 0 radical (unpaired) electrons. The van der Waals surface area contributed by atoms with Crippen molar-refractivity contribution in [3.8, 4) is 0 Å². The fourth-order valence-electron chi connectivity index (χ4n) is 1.21. The molecule has 0 saturated heterocycles. The molecule has 0 saturated carbocycles. The second kappa shape index (κ2) is 8.50. The van der Waals surface area contributed by atoms with Gasteiger partial charge >= 0.3 is 5.12 Å². The monoisotopic (exact) mass is 334 g/mol. The molecule has 0 spiro atoms. The molecule has 80 valence electrons. The zero-order valence-electron chi connectivity index (χ0n) is 8.61. The summed E-state index contributed by atoms with van der Waals surface area (Å²) in [5.74, 6) is 0. The molecule has 0 N–H and O–H groups in total. The Labute approximate surface area is 101 Å². The third-order valence-electron chi connectivity index (χ3n) is 2.12. The van der Waals surface area contributed by atoms with Crippen LogP contribution in [0.2, 0.25) is 6.04 Å². The van der Waals surface area contributed by atoms with Gasteiger partial charge < -0.3 is 4.43 Å². The summed E-state index contributed by atoms with van der Waals surface area (Å²) in [6.07, 6.45) is 7.97. The summed E-state index contributed by atoms with van der Waals surface area (Å²) in [5, 5.41) is -1.80. The topological polar surface area (TPSA) is 9.23 Å². The van der Waals surface area contributed by atoms with Gasteiger partial charge in [0.1, 0.15) is 0 Å². The first-order chi connectivity index (χ1) is 6.12. The van der Waals surface area contributed by atoms with E-state index in [2.05, 4.69) is 28.7 Å². The molecule has 1 nitrogen and oxygen atoms in total. The van der Waals surface area contributed by atoms with Gasteiger partial charge in [-0.3, -0.25) is 0 Å². The van der Waals surface area contributed by atoms with Crippen LogP contribution in [0.15, 0.2) is 0 Å². The van der Waals surface area contributed by atoms with Crippen molar-refractivity contribution in [3.05, 3.63) is 0 Å². The van der Waals surface area contributed by atoms with E-state index in [0.717, 1.165) is 6.04 Å². The van der Waals surface area contributed by atoms with Crippen LogP contribution >= 0.6 is 32.9 Å². The SMILES string of the molecule is CCCCCCCC[Si](Cl)(I)OC. The van der Waals surface area contributed by atoms with Crippen LogP contribution in [0.5, 0.6) is 0 Å². The molecular weight excluding hydrogens is 315 g/mol. The van der Waals surface area contributed by atoms with E-state index in [0.29, 0.717) is 0 Å². The summed E-state index contributed by atoms with van der Waals surface area (Å²) in [5.41, 5.74) is 0. The van der Waals surface area contributed by atoms with E-state index in [1.165, 1.54) is 38.5 Å². The summed E-state index contributed by atoms with van der Waals surface area (Å²) in [6, 6.07) is 1.08. The van der Waals surface area contributed by atoms with Crippen LogP contribution in [-0.4, -0.2) is 12.2 Å². The van der Waals surface area contributed by atoms with Crippen molar-refractivity contribution in [2.75, 3.05) is 7.11 Å². The Kier molecular flexibility index (Phi) is 9.28. The lowest BCUT2D eigenvalue weighted by atomic mass is 10.1. The fourth-order valence-corrected chi connectivity index (χ4v) is 3.62. The number of hydrogen-bond donors (Lipinski definition) is 0. The van der Waals surface area contributed by atoms with Crippen LogP contribution < -0.4 is 0 Å². The first-order valence-corrected chi connectivity index (χ1v) is 11.3. The number of halogens is 2. The molecule has 0 fully saturated rings. The normalized spacial score (nSPS) is 15.7. The molecule has 0 aromatic heterocycles. The molecule has 0 aromatic rings. The summed E-state index contributed by atoms with van der Waals surface area (Å²) in [6.45, 7) is 2.24. The molecule has 1 atom stereocenters. The molecule has 0 aliphatic heterocycles. The van der Waals surface area contributed by atoms with E-state index < -0.39 is 5.12 Å². The largest absolute Gasteiger partial charge is 0.399 e. The summed E-state index contributed by atoms with van der Waals surface area (Å²) in [7, 11) is 1.72. The minimum Gasteiger partial charge on any atom is -0.399 e. The lowest BCUT2D eigenvalue weighted by Crippen LogP contribution is -2.20. The molecule has 13 heavy (non-hydrogen) atoms. The maximum atomic E-state index is 6.16. The first kappa shape index (κ1) is 14.2. The van der Waals surface area contributed by atoms with Gasteiger partial charge in [0.05, 0.1) is 0 Å². The second-order valence-electron chi connectivity index (χ2n) is 3.36. The zero-order chi connectivity index (χ0) is 10.2. The standard InChI is InChI=1S/C9H20ClIOSi/c1-3-4-5-6-7-8-9-13(10,11)12-2/h3-9H2,1-2H3. The van der Waals surface area contributed by atoms with E-state index in [-0.39, 0.29) is 0 Å². The van der Waals surface area contributed by atoms with Gasteiger partial charge in [0.15, 0.2) is 0 Å². The zero-order valence-corrected chi connectivity index (χ0v) is 12.5. The molecule has 0 amide bonds. The van der Waals surface area contributed by atoms with Crippen molar-refractivity contribution in [2.24, 2.45) is 0 Å². The molecule has 0 heterocycles. The van der Waals surface area contributed by atoms with Gasteiger partial charge in [-0.25, -0.2) is 0 Å². The van der Waals surface area contributed by atoms with Gasteiger partial charge in [0.2, 0.25) is 0 Å². The molecule has 4 heteroatoms. The third-order valence-corrected chi connectivity index (χ3v) is 7.62. The van der Waals surface area contributed by atoms with E-state index in [1.54, 1.807) is 7.11 Å². The third kappa shape index (κ3) is 9.50. The maximum Gasteiger partial charge on any atom is 0.356 e. The molecule has 0 aliphatic rings. The predicted octanol–water partition coefficient (Wildman–Crippen LogP) is 4.61. The van der Waals surface area contributed by atoms with Crippen molar-refractivity contribution < 1.29 is 4.43 Å². The van der Waals surface area contributed by atoms with Gasteiger partial charge in [-0.1, -0.05) is 67.2 Å². The van der Waals surface area contributed by atoms with Gasteiger partial charge in [-0.05, 0) is 6.04 Å². The molecule has 0 bridgehead atoms. The Morgan fingerprint density at radius 3 is 2.23 bits per heavy atom. The quantitative estimate of drug-likeness (QED) is 0.273. The maximum absolute atomic E-state index is 6.16. The van der Waals surface area contributed by atoms with Crippen LogP contribution in [0.3, 0.4) is 0 Å².